The summed E-state index contributed by atoms with van der Waals surface area (Å²) in [5.41, 5.74) is 3.86. The van der Waals surface area contributed by atoms with E-state index in [9.17, 15) is 22.0 Å². The molecule has 6 rings (SSSR count). The van der Waals surface area contributed by atoms with Crippen LogP contribution in [-0.4, -0.2) is 58.4 Å². The average Bonchev–Trinajstić information content (AvgIpc) is 2.73. The van der Waals surface area contributed by atoms with Crippen LogP contribution in [0.3, 0.4) is 0 Å². The zero-order valence-corrected chi connectivity index (χ0v) is 21.2. The van der Waals surface area contributed by atoms with E-state index in [4.69, 9.17) is 0 Å². The van der Waals surface area contributed by atoms with Gasteiger partial charge in [-0.05, 0) is 73.6 Å². The van der Waals surface area contributed by atoms with E-state index in [-0.39, 0.29) is 16.4 Å². The second-order valence-corrected chi connectivity index (χ2v) is 12.4. The molecule has 5 aliphatic rings. The Bertz CT molecular complexity index is 1150. The predicted octanol–water partition coefficient (Wildman–Crippen LogP) is 4.95. The molecule has 1 amide bonds. The van der Waals surface area contributed by atoms with Crippen LogP contribution in [0.2, 0.25) is 0 Å². The fraction of sp³-hybridized carbons (Fsp3) is 0.654. The van der Waals surface area contributed by atoms with Gasteiger partial charge >= 0.3 is 10.5 Å². The Hall–Kier alpha value is -2.13. The largest absolute Gasteiger partial charge is 0.369 e. The van der Waals surface area contributed by atoms with Crippen LogP contribution in [0.5, 0.6) is 0 Å². The standard InChI is InChI=1S/C26H33F2N3O3S/c1-24(2)8-7-19(21(13-24)25-15-26(16-25,17-25)23(27)28)14-30-9-11-31(12-10-30)20-5-3-18(4-6-20)22(32)29-35(33)34/h3-6,23H,7-17H2,1-2H3. The highest BCUT2D eigenvalue weighted by atomic mass is 32.2. The molecular weight excluding hydrogens is 472 g/mol. The number of amides is 1. The van der Waals surface area contributed by atoms with E-state index in [1.54, 1.807) is 12.1 Å². The third-order valence-electron chi connectivity index (χ3n) is 8.78. The molecule has 35 heavy (non-hydrogen) atoms. The molecule has 4 fully saturated rings. The molecule has 1 aromatic carbocycles. The molecule has 9 heteroatoms. The number of hydrogen-bond donors (Lipinski definition) is 0. The third-order valence-corrected chi connectivity index (χ3v) is 9.10. The van der Waals surface area contributed by atoms with Crippen LogP contribution >= 0.6 is 0 Å². The van der Waals surface area contributed by atoms with E-state index < -0.39 is 28.2 Å². The first-order valence-corrected chi connectivity index (χ1v) is 13.5. The maximum atomic E-state index is 13.5. The first-order valence-electron chi connectivity index (χ1n) is 12.4. The van der Waals surface area contributed by atoms with Crippen LogP contribution in [0.25, 0.3) is 0 Å². The van der Waals surface area contributed by atoms with Gasteiger partial charge in [-0.25, -0.2) is 8.78 Å². The Balaban J connectivity index is 1.22. The second-order valence-electron chi connectivity index (χ2n) is 11.8. The molecule has 0 radical (unpaired) electrons. The lowest BCUT2D eigenvalue weighted by molar-refractivity contribution is -0.250. The molecule has 2 bridgehead atoms. The fourth-order valence-electron chi connectivity index (χ4n) is 6.86. The van der Waals surface area contributed by atoms with Crippen molar-refractivity contribution in [2.24, 2.45) is 20.6 Å². The van der Waals surface area contributed by atoms with Crippen molar-refractivity contribution in [1.29, 1.82) is 0 Å². The van der Waals surface area contributed by atoms with Gasteiger partial charge in [0, 0.05) is 49.4 Å². The first-order chi connectivity index (χ1) is 16.5. The normalized spacial score (nSPS) is 30.0. The summed E-state index contributed by atoms with van der Waals surface area (Å²) in [7, 11) is -2.75. The van der Waals surface area contributed by atoms with Gasteiger partial charge in [0.1, 0.15) is 0 Å². The molecule has 0 aromatic heterocycles. The Morgan fingerprint density at radius 2 is 1.69 bits per heavy atom. The molecule has 0 atom stereocenters. The molecule has 3 saturated carbocycles. The highest BCUT2D eigenvalue weighted by Gasteiger charge is 2.73. The minimum Gasteiger partial charge on any atom is -0.369 e. The Morgan fingerprint density at radius 1 is 1.06 bits per heavy atom. The number of carbonyl (C=O) groups is 1. The molecule has 1 aromatic rings. The van der Waals surface area contributed by atoms with E-state index in [2.05, 4.69) is 28.0 Å². The molecular formula is C26H33F2N3O3S. The highest BCUT2D eigenvalue weighted by molar-refractivity contribution is 7.62. The Morgan fingerprint density at radius 3 is 2.26 bits per heavy atom. The van der Waals surface area contributed by atoms with Gasteiger partial charge in [-0.3, -0.25) is 9.69 Å². The number of halogens is 2. The predicted molar refractivity (Wildman–Crippen MR) is 130 cm³/mol. The summed E-state index contributed by atoms with van der Waals surface area (Å²) in [4.78, 5) is 16.5. The van der Waals surface area contributed by atoms with Gasteiger partial charge in [0.25, 0.3) is 5.91 Å². The van der Waals surface area contributed by atoms with Gasteiger partial charge in [-0.2, -0.15) is 8.42 Å². The van der Waals surface area contributed by atoms with E-state index in [0.717, 1.165) is 57.7 Å². The monoisotopic (exact) mass is 505 g/mol. The summed E-state index contributed by atoms with van der Waals surface area (Å²) in [6.45, 7) is 9.10. The van der Waals surface area contributed by atoms with Gasteiger partial charge in [-0.15, -0.1) is 0 Å². The molecule has 0 N–H and O–H groups in total. The number of benzene rings is 1. The smallest absolute Gasteiger partial charge is 0.319 e. The van der Waals surface area contributed by atoms with Crippen LogP contribution < -0.4 is 4.90 Å². The lowest BCUT2D eigenvalue weighted by Gasteiger charge is -2.72. The van der Waals surface area contributed by atoms with Crippen molar-refractivity contribution in [2.75, 3.05) is 37.6 Å². The number of rotatable bonds is 6. The van der Waals surface area contributed by atoms with E-state index >= 15 is 0 Å². The number of anilines is 1. The summed E-state index contributed by atoms with van der Waals surface area (Å²) >= 11 is 0. The summed E-state index contributed by atoms with van der Waals surface area (Å²) in [6, 6.07) is 6.88. The zero-order chi connectivity index (χ0) is 25.0. The number of piperazine rings is 1. The minimum atomic E-state index is -2.75. The summed E-state index contributed by atoms with van der Waals surface area (Å²) in [5.74, 6) is -0.766. The number of nitrogens with zero attached hydrogens (tertiary/aromatic N) is 3. The Kier molecular flexibility index (Phi) is 6.15. The van der Waals surface area contributed by atoms with Crippen LogP contribution in [-0.2, 0) is 10.5 Å². The van der Waals surface area contributed by atoms with E-state index in [1.165, 1.54) is 11.1 Å². The number of alkyl halides is 2. The summed E-state index contributed by atoms with van der Waals surface area (Å²) < 4.78 is 51.2. The molecule has 1 heterocycles. The minimum absolute atomic E-state index is 0.0510. The van der Waals surface area contributed by atoms with Crippen LogP contribution in [0.1, 0.15) is 62.7 Å². The maximum absolute atomic E-state index is 13.5. The van der Waals surface area contributed by atoms with E-state index in [0.29, 0.717) is 19.3 Å². The zero-order valence-electron chi connectivity index (χ0n) is 20.4. The fourth-order valence-corrected chi connectivity index (χ4v) is 7.10. The molecule has 0 unspecified atom stereocenters. The van der Waals surface area contributed by atoms with Crippen molar-refractivity contribution >= 4 is 22.1 Å². The molecule has 0 spiro atoms. The maximum Gasteiger partial charge on any atom is 0.319 e. The van der Waals surface area contributed by atoms with Crippen molar-refractivity contribution in [3.63, 3.8) is 0 Å². The highest BCUT2D eigenvalue weighted by Crippen LogP contribution is 2.79. The molecule has 190 valence electrons. The molecule has 1 aliphatic heterocycles. The topological polar surface area (TPSA) is 70.0 Å². The van der Waals surface area contributed by atoms with Gasteiger partial charge in [0.15, 0.2) is 0 Å². The van der Waals surface area contributed by atoms with Crippen molar-refractivity contribution in [3.05, 3.63) is 41.0 Å². The molecule has 6 nitrogen and oxygen atoms in total. The van der Waals surface area contributed by atoms with Crippen molar-refractivity contribution in [1.82, 2.24) is 4.90 Å². The molecule has 1 saturated heterocycles. The van der Waals surface area contributed by atoms with Crippen LogP contribution in [0.4, 0.5) is 14.5 Å². The third kappa shape index (κ3) is 4.57. The van der Waals surface area contributed by atoms with Crippen molar-refractivity contribution in [2.45, 2.75) is 58.8 Å². The van der Waals surface area contributed by atoms with Gasteiger partial charge in [0.05, 0.1) is 0 Å². The summed E-state index contributed by atoms with van der Waals surface area (Å²) in [6.07, 6.45) is 3.11. The van der Waals surface area contributed by atoms with Crippen LogP contribution in [0, 0.1) is 16.2 Å². The quantitative estimate of drug-likeness (QED) is 0.512. The van der Waals surface area contributed by atoms with E-state index in [1.807, 2.05) is 12.1 Å². The van der Waals surface area contributed by atoms with Crippen molar-refractivity contribution < 1.29 is 22.0 Å². The number of carbonyl (C=O) groups excluding carboxylic acids is 1. The Labute approximate surface area is 207 Å². The molecule has 4 aliphatic carbocycles. The SMILES string of the molecule is CC1(C)CCC(CN2CCN(c3ccc(C(=O)N=S(=O)=O)cc3)CC2)=C(C23CC(C(F)F)(C2)C3)C1. The van der Waals surface area contributed by atoms with Gasteiger partial charge in [-0.1, -0.05) is 29.4 Å². The number of allylic oxidation sites excluding steroid dienone is 1. The van der Waals surface area contributed by atoms with Gasteiger partial charge < -0.3 is 4.90 Å². The summed E-state index contributed by atoms with van der Waals surface area (Å²) in [5, 5.41) is 0. The lowest BCUT2D eigenvalue weighted by atomic mass is 9.32. The van der Waals surface area contributed by atoms with Crippen LogP contribution in [0.15, 0.2) is 39.8 Å². The lowest BCUT2D eigenvalue weighted by Crippen LogP contribution is -2.66. The van der Waals surface area contributed by atoms with Crippen molar-refractivity contribution in [3.8, 4) is 0 Å². The first kappa shape index (κ1) is 24.6. The number of hydrogen-bond acceptors (Lipinski definition) is 5. The second kappa shape index (κ2) is 8.76. The van der Waals surface area contributed by atoms with Gasteiger partial charge in [0.2, 0.25) is 6.43 Å². The average molecular weight is 506 g/mol.